The molecule has 0 bridgehead atoms. The molecule has 1 N–H and O–H groups in total. The van der Waals surface area contributed by atoms with E-state index in [1.807, 2.05) is 5.38 Å². The summed E-state index contributed by atoms with van der Waals surface area (Å²) in [7, 11) is 0. The van der Waals surface area contributed by atoms with Crippen LogP contribution < -0.4 is 5.32 Å². The molecular formula is C6H4Br5N2O3PS2. The van der Waals surface area contributed by atoms with Crippen LogP contribution in [0.25, 0.3) is 0 Å². The molecule has 2 heterocycles. The first-order valence-corrected chi connectivity index (χ1v) is 15.2. The van der Waals surface area contributed by atoms with Crippen LogP contribution in [0.1, 0.15) is 0 Å². The van der Waals surface area contributed by atoms with Crippen LogP contribution in [0.2, 0.25) is 0 Å². The second-order valence-electron chi connectivity index (χ2n) is 2.45. The first-order chi connectivity index (χ1) is 8.58. The Kier molecular flexibility index (Phi) is 11.4. The molecule has 0 saturated carbocycles. The van der Waals surface area contributed by atoms with E-state index in [2.05, 4.69) is 88.6 Å². The zero-order valence-corrected chi connectivity index (χ0v) is 19.1. The molecule has 0 spiro atoms. The Morgan fingerprint density at radius 2 is 1.79 bits per heavy atom. The minimum absolute atomic E-state index is 0.185. The monoisotopic (exact) mass is 642 g/mol. The van der Waals surface area contributed by atoms with Gasteiger partial charge in [0.15, 0.2) is 3.92 Å². The third-order valence-electron chi connectivity index (χ3n) is 1.02. The van der Waals surface area contributed by atoms with Gasteiger partial charge in [-0.25, -0.2) is 4.98 Å². The van der Waals surface area contributed by atoms with Gasteiger partial charge in [-0.2, -0.15) is 0 Å². The van der Waals surface area contributed by atoms with E-state index >= 15 is 0 Å². The summed E-state index contributed by atoms with van der Waals surface area (Å²) in [5.74, 6) is 0.105. The summed E-state index contributed by atoms with van der Waals surface area (Å²) in [5.41, 5.74) is 0. The molecule has 0 aliphatic carbocycles. The average Bonchev–Trinajstić information content (AvgIpc) is 2.74. The Bertz CT molecular complexity index is 454. The number of carbonyl (C=O) groups is 2. The summed E-state index contributed by atoms with van der Waals surface area (Å²) in [4.78, 5) is 24.1. The topological polar surface area (TPSA) is 76.1 Å². The highest BCUT2D eigenvalue weighted by Gasteiger charge is 2.16. The number of thioether (sulfide) groups is 1. The van der Waals surface area contributed by atoms with Crippen molar-refractivity contribution >= 4 is 116 Å². The highest BCUT2D eigenvalue weighted by molar-refractivity contribution is 9.94. The number of halogens is 5. The van der Waals surface area contributed by atoms with Gasteiger partial charge in [0.05, 0.1) is 5.75 Å². The Labute approximate surface area is 158 Å². The number of nitrogens with one attached hydrogen (secondary N) is 1. The van der Waals surface area contributed by atoms with Gasteiger partial charge in [-0.05, 0) is 31.9 Å². The predicted molar refractivity (Wildman–Crippen MR) is 97.9 cm³/mol. The predicted octanol–water partition coefficient (Wildman–Crippen LogP) is 5.92. The highest BCUT2D eigenvalue weighted by Crippen LogP contribution is 2.68. The second-order valence-corrected chi connectivity index (χ2v) is 24.7. The van der Waals surface area contributed by atoms with Crippen LogP contribution in [-0.2, 0) is 9.36 Å². The van der Waals surface area contributed by atoms with Crippen LogP contribution >= 0.6 is 105 Å². The van der Waals surface area contributed by atoms with Crippen LogP contribution in [0, 0.1) is 0 Å². The molecule has 13 heteroatoms. The zero-order chi connectivity index (χ0) is 15.1. The highest BCUT2D eigenvalue weighted by atomic mass is 80.0. The Morgan fingerprint density at radius 1 is 1.26 bits per heavy atom. The van der Waals surface area contributed by atoms with Gasteiger partial charge >= 0.3 is 0 Å². The SMILES string of the molecule is Brc1csc(Br)n1.O=C1CSC(=O)N1.O=P(Br)(Br)Br. The van der Waals surface area contributed by atoms with Crippen molar-refractivity contribution in [3.63, 3.8) is 0 Å². The molecule has 1 aromatic rings. The summed E-state index contributed by atoms with van der Waals surface area (Å²) >= 11 is 17.3. The Balaban J connectivity index is 0.000000261. The zero-order valence-electron chi connectivity index (χ0n) is 8.61. The first kappa shape index (κ1) is 20.8. The second kappa shape index (κ2) is 10.5. The van der Waals surface area contributed by atoms with Gasteiger partial charge in [0.25, 0.3) is 8.49 Å². The van der Waals surface area contributed by atoms with Gasteiger partial charge in [-0.3, -0.25) is 19.5 Å². The van der Waals surface area contributed by atoms with E-state index in [-0.39, 0.29) is 11.1 Å². The Hall–Kier alpha value is 1.75. The third-order valence-corrected chi connectivity index (χ3v) is 3.87. The van der Waals surface area contributed by atoms with Gasteiger partial charge in [-0.1, -0.05) is 11.8 Å². The van der Waals surface area contributed by atoms with Gasteiger partial charge in [-0.15, -0.1) is 11.3 Å². The van der Waals surface area contributed by atoms with E-state index in [0.717, 1.165) is 20.3 Å². The number of imide groups is 1. The van der Waals surface area contributed by atoms with Gasteiger partial charge in [0.2, 0.25) is 5.91 Å². The minimum Gasteiger partial charge on any atom is -0.287 e. The maximum Gasteiger partial charge on any atom is 0.286 e. The molecule has 1 aliphatic heterocycles. The maximum absolute atomic E-state index is 10.1. The van der Waals surface area contributed by atoms with Gasteiger partial charge in [0.1, 0.15) is 4.60 Å². The first-order valence-electron chi connectivity index (χ1n) is 4.00. The maximum atomic E-state index is 10.1. The fourth-order valence-corrected chi connectivity index (χ4v) is 2.75. The van der Waals surface area contributed by atoms with E-state index in [9.17, 15) is 14.2 Å². The number of aromatic nitrogens is 1. The molecule has 0 radical (unpaired) electrons. The summed E-state index contributed by atoms with van der Waals surface area (Å²) < 4.78 is 9.57. The molecule has 1 aromatic heterocycles. The number of hydrogen-bond donors (Lipinski definition) is 1. The van der Waals surface area contributed by atoms with Crippen LogP contribution in [-0.4, -0.2) is 21.9 Å². The lowest BCUT2D eigenvalue weighted by Gasteiger charge is -1.77. The molecule has 0 aromatic carbocycles. The lowest BCUT2D eigenvalue weighted by atomic mass is 10.7. The molecular weight excluding hydrogens is 643 g/mol. The molecule has 2 rings (SSSR count). The van der Waals surface area contributed by atoms with Gasteiger partial charge in [0, 0.05) is 51.8 Å². The number of nitrogens with zero attached hydrogens (tertiary/aromatic N) is 1. The summed E-state index contributed by atoms with van der Waals surface area (Å²) in [5, 5.41) is 3.79. The molecule has 5 nitrogen and oxygen atoms in total. The molecule has 1 fully saturated rings. The van der Waals surface area contributed by atoms with Crippen molar-refractivity contribution in [1.29, 1.82) is 0 Å². The average molecular weight is 647 g/mol. The quantitative estimate of drug-likeness (QED) is 0.355. The minimum atomic E-state index is -2.20. The number of hydrogen-bond acceptors (Lipinski definition) is 6. The number of amides is 2. The molecule has 1 saturated heterocycles. The van der Waals surface area contributed by atoms with E-state index in [1.165, 1.54) is 0 Å². The smallest absolute Gasteiger partial charge is 0.286 e. The van der Waals surface area contributed by atoms with Crippen molar-refractivity contribution in [2.24, 2.45) is 0 Å². The third kappa shape index (κ3) is 16.0. The van der Waals surface area contributed by atoms with Crippen LogP contribution in [0.4, 0.5) is 4.79 Å². The number of thiazole rings is 1. The van der Waals surface area contributed by atoms with E-state index in [1.54, 1.807) is 11.3 Å². The van der Waals surface area contributed by atoms with E-state index in [0.29, 0.717) is 5.75 Å². The number of rotatable bonds is 0. The van der Waals surface area contributed by atoms with Crippen molar-refractivity contribution in [3.8, 4) is 0 Å². The summed E-state index contributed by atoms with van der Waals surface area (Å²) in [6, 6.07) is 0. The Morgan fingerprint density at radius 3 is 1.89 bits per heavy atom. The molecule has 0 atom stereocenters. The van der Waals surface area contributed by atoms with Crippen molar-refractivity contribution in [2.45, 2.75) is 0 Å². The molecule has 2 amide bonds. The lowest BCUT2D eigenvalue weighted by molar-refractivity contribution is -0.117. The van der Waals surface area contributed by atoms with Crippen LogP contribution in [0.3, 0.4) is 0 Å². The van der Waals surface area contributed by atoms with Crippen molar-refractivity contribution in [3.05, 3.63) is 13.9 Å². The molecule has 19 heavy (non-hydrogen) atoms. The fourth-order valence-electron chi connectivity index (χ4n) is 0.551. The lowest BCUT2D eigenvalue weighted by Crippen LogP contribution is -2.18. The normalized spacial score (nSPS) is 13.9. The van der Waals surface area contributed by atoms with Crippen molar-refractivity contribution < 1.29 is 14.2 Å². The van der Waals surface area contributed by atoms with Crippen LogP contribution in [0.5, 0.6) is 0 Å². The van der Waals surface area contributed by atoms with Gasteiger partial charge < -0.3 is 0 Å². The number of carbonyl (C=O) groups excluding carboxylic acids is 2. The van der Waals surface area contributed by atoms with E-state index in [4.69, 9.17) is 0 Å². The molecule has 0 unspecified atom stereocenters. The van der Waals surface area contributed by atoms with Crippen LogP contribution in [0.15, 0.2) is 13.9 Å². The fraction of sp³-hybridized carbons (Fsp3) is 0.167. The van der Waals surface area contributed by atoms with Crippen molar-refractivity contribution in [2.75, 3.05) is 5.75 Å². The van der Waals surface area contributed by atoms with E-state index < -0.39 is 3.25 Å². The standard InChI is InChI=1S/C3HBr2NS.C3H3NO2S.Br3OP/c4-2-1-7-3(5)6-2;5-2-1-7-3(6)4-2;1-5(2,3)4/h1H;1H2,(H,4,5,6);. The largest absolute Gasteiger partial charge is 0.287 e. The van der Waals surface area contributed by atoms with Crippen molar-refractivity contribution in [1.82, 2.24) is 10.3 Å². The molecule has 1 aliphatic rings. The summed E-state index contributed by atoms with van der Waals surface area (Å²) in [6.45, 7) is 0. The molecule has 108 valence electrons. The summed E-state index contributed by atoms with van der Waals surface area (Å²) in [6.07, 6.45) is 0.